The Labute approximate surface area is 227 Å². The molecule has 6 rings (SSSR count). The molecule has 1 N–H and O–H groups in total. The molecule has 0 fully saturated rings. The quantitative estimate of drug-likeness (QED) is 0.143. The number of hydrogen-bond donors (Lipinski definition) is 1. The van der Waals surface area contributed by atoms with Crippen molar-refractivity contribution >= 4 is 45.0 Å². The van der Waals surface area contributed by atoms with Crippen molar-refractivity contribution in [2.24, 2.45) is 0 Å². The van der Waals surface area contributed by atoms with E-state index in [9.17, 15) is 20.2 Å². The van der Waals surface area contributed by atoms with Crippen LogP contribution in [-0.2, 0) is 12.4 Å². The van der Waals surface area contributed by atoms with Crippen LogP contribution in [0.2, 0.25) is 0 Å². The molecule has 6 aromatic rings. The normalized spacial score (nSPS) is 10.3. The lowest BCUT2D eigenvalue weighted by atomic mass is 10.2. The first-order valence-electron chi connectivity index (χ1n) is 11.7. The number of aromatic nitrogens is 4. The van der Waals surface area contributed by atoms with Crippen molar-refractivity contribution < 1.29 is 9.85 Å². The van der Waals surface area contributed by atoms with E-state index in [0.717, 1.165) is 33.2 Å². The predicted octanol–water partition coefficient (Wildman–Crippen LogP) is 6.89. The Morgan fingerprint density at radius 1 is 0.718 bits per heavy atom. The Balaban J connectivity index is 0.000000149. The van der Waals surface area contributed by atoms with Gasteiger partial charge in [-0.25, -0.2) is 9.97 Å². The number of hydrogen-bond acceptors (Lipinski definition) is 6. The number of alkyl halides is 1. The SMILES string of the molecule is O=[N+]([O-])c1ccc(CCl)cc1.O=[N+]([O-])c1ccc(Cn2cnc3ccccc32)cc1.c1ccc2[nH]cnc2c1. The summed E-state index contributed by atoms with van der Waals surface area (Å²) in [6.07, 6.45) is 3.48. The van der Waals surface area contributed by atoms with Crippen LogP contribution in [0.25, 0.3) is 22.1 Å². The van der Waals surface area contributed by atoms with Gasteiger partial charge in [0.05, 0.1) is 44.6 Å². The van der Waals surface area contributed by atoms with Gasteiger partial charge in [0.25, 0.3) is 11.4 Å². The Morgan fingerprint density at radius 3 is 1.87 bits per heavy atom. The van der Waals surface area contributed by atoms with Gasteiger partial charge in [0, 0.05) is 36.7 Å². The van der Waals surface area contributed by atoms with Gasteiger partial charge in [-0.1, -0.05) is 48.5 Å². The summed E-state index contributed by atoms with van der Waals surface area (Å²) in [6.45, 7) is 0.651. The molecular formula is C28H23ClN6O4. The lowest BCUT2D eigenvalue weighted by molar-refractivity contribution is -0.385. The third kappa shape index (κ3) is 7.24. The van der Waals surface area contributed by atoms with Crippen molar-refractivity contribution in [2.75, 3.05) is 0 Å². The van der Waals surface area contributed by atoms with Crippen molar-refractivity contribution in [3.8, 4) is 0 Å². The second-order valence-corrected chi connectivity index (χ2v) is 8.53. The standard InChI is InChI=1S/C14H11N3O2.C7H6ClNO2.C7H6N2/c18-17(19)12-7-5-11(6-8-12)9-16-10-15-13-3-1-2-4-14(13)16;8-5-6-1-3-7(4-2-6)9(10)11;1-2-4-7-6(3-1)8-5-9-7/h1-8,10H,9H2;1-4H,5H2;1-5H,(H,8,9). The first-order valence-corrected chi connectivity index (χ1v) is 12.3. The van der Waals surface area contributed by atoms with Crippen LogP contribution in [0, 0.1) is 20.2 Å². The van der Waals surface area contributed by atoms with Gasteiger partial charge in [0.2, 0.25) is 0 Å². The third-order valence-electron chi connectivity index (χ3n) is 5.66. The molecule has 39 heavy (non-hydrogen) atoms. The Bertz CT molecular complexity index is 1650. The molecule has 11 heteroatoms. The van der Waals surface area contributed by atoms with Gasteiger partial charge in [-0.2, -0.15) is 0 Å². The van der Waals surface area contributed by atoms with Crippen molar-refractivity contribution in [1.29, 1.82) is 0 Å². The van der Waals surface area contributed by atoms with Crippen LogP contribution in [0.5, 0.6) is 0 Å². The van der Waals surface area contributed by atoms with Crippen LogP contribution in [0.1, 0.15) is 11.1 Å². The molecule has 0 unspecified atom stereocenters. The maximum absolute atomic E-state index is 10.6. The minimum Gasteiger partial charge on any atom is -0.345 e. The van der Waals surface area contributed by atoms with Crippen LogP contribution < -0.4 is 0 Å². The number of non-ortho nitro benzene ring substituents is 2. The Kier molecular flexibility index (Phi) is 8.94. The highest BCUT2D eigenvalue weighted by molar-refractivity contribution is 6.17. The lowest BCUT2D eigenvalue weighted by Gasteiger charge is -2.04. The Morgan fingerprint density at radius 2 is 1.28 bits per heavy atom. The first-order chi connectivity index (χ1) is 18.9. The van der Waals surface area contributed by atoms with E-state index in [4.69, 9.17) is 11.6 Å². The number of H-pyrrole nitrogens is 1. The minimum absolute atomic E-state index is 0.0962. The average molecular weight is 543 g/mol. The molecule has 0 aliphatic rings. The molecule has 0 spiro atoms. The van der Waals surface area contributed by atoms with Gasteiger partial charge in [-0.05, 0) is 35.4 Å². The summed E-state index contributed by atoms with van der Waals surface area (Å²) in [5.74, 6) is 0.387. The first kappa shape index (κ1) is 27.0. The number of halogens is 1. The highest BCUT2D eigenvalue weighted by Gasteiger charge is 2.06. The number of imidazole rings is 2. The summed E-state index contributed by atoms with van der Waals surface area (Å²) in [4.78, 5) is 31.3. The number of nitro groups is 2. The van der Waals surface area contributed by atoms with E-state index in [1.54, 1.807) is 36.9 Å². The van der Waals surface area contributed by atoms with Crippen molar-refractivity contribution in [2.45, 2.75) is 12.4 Å². The van der Waals surface area contributed by atoms with Crippen LogP contribution in [-0.4, -0.2) is 29.4 Å². The van der Waals surface area contributed by atoms with Crippen molar-refractivity contribution in [1.82, 2.24) is 19.5 Å². The zero-order chi connectivity index (χ0) is 27.6. The molecule has 0 amide bonds. The lowest BCUT2D eigenvalue weighted by Crippen LogP contribution is -1.98. The summed E-state index contributed by atoms with van der Waals surface area (Å²) < 4.78 is 2.02. The van der Waals surface area contributed by atoms with Crippen LogP contribution in [0.4, 0.5) is 11.4 Å². The van der Waals surface area contributed by atoms with E-state index in [0.29, 0.717) is 12.4 Å². The molecule has 0 aliphatic carbocycles. The number of nitrogens with one attached hydrogen (secondary N) is 1. The van der Waals surface area contributed by atoms with Gasteiger partial charge in [0.15, 0.2) is 0 Å². The fourth-order valence-corrected chi connectivity index (χ4v) is 3.82. The van der Waals surface area contributed by atoms with Crippen molar-refractivity contribution in [3.05, 3.63) is 141 Å². The van der Waals surface area contributed by atoms with Crippen LogP contribution >= 0.6 is 11.6 Å². The largest absolute Gasteiger partial charge is 0.345 e. The molecule has 0 radical (unpaired) electrons. The van der Waals surface area contributed by atoms with Gasteiger partial charge in [-0.3, -0.25) is 20.2 Å². The van der Waals surface area contributed by atoms with Gasteiger partial charge >= 0.3 is 0 Å². The number of rotatable bonds is 5. The molecule has 2 heterocycles. The van der Waals surface area contributed by atoms with E-state index < -0.39 is 9.85 Å². The second-order valence-electron chi connectivity index (χ2n) is 8.26. The molecular weight excluding hydrogens is 520 g/mol. The van der Waals surface area contributed by atoms with Crippen molar-refractivity contribution in [3.63, 3.8) is 0 Å². The average Bonchev–Trinajstić information content (AvgIpc) is 3.61. The summed E-state index contributed by atoms with van der Waals surface area (Å²) in [6, 6.07) is 28.6. The van der Waals surface area contributed by atoms with Gasteiger partial charge < -0.3 is 9.55 Å². The summed E-state index contributed by atoms with van der Waals surface area (Å²) in [5.41, 5.74) is 6.23. The molecule has 0 saturated carbocycles. The zero-order valence-corrected chi connectivity index (χ0v) is 21.3. The molecule has 10 nitrogen and oxygen atoms in total. The third-order valence-corrected chi connectivity index (χ3v) is 5.97. The van der Waals surface area contributed by atoms with E-state index in [-0.39, 0.29) is 11.4 Å². The predicted molar refractivity (Wildman–Crippen MR) is 151 cm³/mol. The second kappa shape index (κ2) is 12.9. The summed E-state index contributed by atoms with van der Waals surface area (Å²) in [5, 5.41) is 20.8. The van der Waals surface area contributed by atoms with E-state index in [1.165, 1.54) is 24.3 Å². The van der Waals surface area contributed by atoms with Gasteiger partial charge in [0.1, 0.15) is 0 Å². The molecule has 4 aromatic carbocycles. The van der Waals surface area contributed by atoms with E-state index >= 15 is 0 Å². The van der Waals surface area contributed by atoms with E-state index in [1.807, 2.05) is 53.1 Å². The monoisotopic (exact) mass is 542 g/mol. The van der Waals surface area contributed by atoms with Crippen LogP contribution in [0.3, 0.4) is 0 Å². The molecule has 0 aliphatic heterocycles. The van der Waals surface area contributed by atoms with E-state index in [2.05, 4.69) is 15.0 Å². The van der Waals surface area contributed by atoms with Gasteiger partial charge in [-0.15, -0.1) is 11.6 Å². The molecule has 0 bridgehead atoms. The number of aromatic amines is 1. The molecule has 2 aromatic heterocycles. The van der Waals surface area contributed by atoms with Crippen LogP contribution in [0.15, 0.2) is 110 Å². The number of fused-ring (bicyclic) bond motifs is 2. The molecule has 196 valence electrons. The molecule has 0 atom stereocenters. The summed E-state index contributed by atoms with van der Waals surface area (Å²) >= 11 is 5.49. The summed E-state index contributed by atoms with van der Waals surface area (Å²) in [7, 11) is 0. The highest BCUT2D eigenvalue weighted by atomic mass is 35.5. The fourth-order valence-electron chi connectivity index (χ4n) is 3.64. The maximum atomic E-state index is 10.6. The Hall–Kier alpha value is -5.09. The minimum atomic E-state index is -0.433. The zero-order valence-electron chi connectivity index (χ0n) is 20.6. The number of nitrogens with zero attached hydrogens (tertiary/aromatic N) is 5. The maximum Gasteiger partial charge on any atom is 0.269 e. The molecule has 0 saturated heterocycles. The number of para-hydroxylation sites is 4. The number of benzene rings is 4. The topological polar surface area (TPSA) is 133 Å². The number of nitro benzene ring substituents is 2. The fraction of sp³-hybridized carbons (Fsp3) is 0.0714. The smallest absolute Gasteiger partial charge is 0.269 e. The highest BCUT2D eigenvalue weighted by Crippen LogP contribution is 2.17.